The molecule has 1 N–H and O–H groups in total. The second kappa shape index (κ2) is 11.8. The number of benzene rings is 3. The quantitative estimate of drug-likeness (QED) is 0.178. The molecular formula is C32H30N6O7. The highest BCUT2D eigenvalue weighted by Crippen LogP contribution is 2.31. The van der Waals surface area contributed by atoms with Crippen LogP contribution in [0.4, 0.5) is 0 Å². The van der Waals surface area contributed by atoms with Gasteiger partial charge >= 0.3 is 11.7 Å². The van der Waals surface area contributed by atoms with Gasteiger partial charge in [0.1, 0.15) is 0 Å². The molecule has 0 fully saturated rings. The number of aromatic nitrogens is 6. The lowest BCUT2D eigenvalue weighted by Crippen LogP contribution is -2.36. The van der Waals surface area contributed by atoms with Crippen molar-refractivity contribution >= 4 is 17.0 Å². The van der Waals surface area contributed by atoms with Crippen LogP contribution in [0.25, 0.3) is 33.5 Å². The smallest absolute Gasteiger partial charge is 0.439 e. The molecule has 13 heteroatoms. The summed E-state index contributed by atoms with van der Waals surface area (Å²) in [6, 6.07) is 21.0. The van der Waals surface area contributed by atoms with E-state index in [0.717, 1.165) is 22.3 Å². The van der Waals surface area contributed by atoms with E-state index in [1.165, 1.54) is 0 Å². The molecule has 13 nitrogen and oxygen atoms in total. The summed E-state index contributed by atoms with van der Waals surface area (Å²) < 4.78 is 22.8. The average molecular weight is 611 g/mol. The van der Waals surface area contributed by atoms with Crippen LogP contribution in [0.5, 0.6) is 6.01 Å². The highest BCUT2D eigenvalue weighted by molar-refractivity contribution is 6.02. The zero-order valence-electron chi connectivity index (χ0n) is 25.1. The molecule has 0 radical (unpaired) electrons. The van der Waals surface area contributed by atoms with Crippen molar-refractivity contribution < 1.29 is 28.3 Å². The molecule has 0 atom stereocenters. The summed E-state index contributed by atoms with van der Waals surface area (Å²) in [6.07, 6.45) is 0. The molecule has 0 aliphatic carbocycles. The van der Waals surface area contributed by atoms with Crippen LogP contribution < -0.4 is 15.4 Å². The first-order chi connectivity index (χ1) is 21.6. The summed E-state index contributed by atoms with van der Waals surface area (Å²) in [5, 5.41) is 19.8. The Morgan fingerprint density at radius 1 is 1.02 bits per heavy atom. The molecule has 0 amide bonds. The number of ether oxygens (including phenoxy) is 2. The molecule has 3 aromatic heterocycles. The molecule has 6 rings (SSSR count). The van der Waals surface area contributed by atoms with Gasteiger partial charge in [-0.2, -0.15) is 4.98 Å². The van der Waals surface area contributed by atoms with Crippen molar-refractivity contribution in [3.05, 3.63) is 105 Å². The summed E-state index contributed by atoms with van der Waals surface area (Å²) in [5.74, 6) is -0.891. The Hall–Kier alpha value is -5.72. The van der Waals surface area contributed by atoms with Gasteiger partial charge in [-0.15, -0.1) is 0 Å². The summed E-state index contributed by atoms with van der Waals surface area (Å²) in [6.45, 7) is 7.88. The molecular weight excluding hydrogens is 580 g/mol. The van der Waals surface area contributed by atoms with E-state index in [2.05, 4.69) is 20.3 Å². The van der Waals surface area contributed by atoms with Crippen molar-refractivity contribution in [2.45, 2.75) is 46.3 Å². The van der Waals surface area contributed by atoms with E-state index in [0.29, 0.717) is 40.9 Å². The monoisotopic (exact) mass is 610 g/mol. The highest BCUT2D eigenvalue weighted by Gasteiger charge is 2.32. The lowest BCUT2D eigenvalue weighted by Gasteiger charge is -2.14. The van der Waals surface area contributed by atoms with Gasteiger partial charge in [-0.3, -0.25) is 18.7 Å². The van der Waals surface area contributed by atoms with E-state index in [9.17, 15) is 14.8 Å². The predicted molar refractivity (Wildman–Crippen MR) is 161 cm³/mol. The van der Waals surface area contributed by atoms with Gasteiger partial charge in [-0.1, -0.05) is 80.5 Å². The van der Waals surface area contributed by atoms with Crippen molar-refractivity contribution in [1.29, 1.82) is 0 Å². The second-order valence-corrected chi connectivity index (χ2v) is 11.3. The molecule has 6 aromatic rings. The normalized spacial score (nSPS) is 11.6. The highest BCUT2D eigenvalue weighted by atomic mass is 16.8. The van der Waals surface area contributed by atoms with Crippen molar-refractivity contribution in [2.24, 2.45) is 0 Å². The van der Waals surface area contributed by atoms with Crippen LogP contribution in [0.2, 0.25) is 0 Å². The van der Waals surface area contributed by atoms with Gasteiger partial charge in [-0.05, 0) is 40.6 Å². The van der Waals surface area contributed by atoms with Gasteiger partial charge in [-0.25, -0.2) is 9.59 Å². The first kappa shape index (κ1) is 29.4. The number of fused-ring (bicyclic) bond motifs is 1. The Bertz CT molecular complexity index is 2050. The maximum atomic E-state index is 13.4. The van der Waals surface area contributed by atoms with Crippen LogP contribution in [0.15, 0.2) is 80.7 Å². The maximum absolute atomic E-state index is 13.4. The van der Waals surface area contributed by atoms with Crippen molar-refractivity contribution in [3.63, 3.8) is 0 Å². The van der Waals surface area contributed by atoms with Gasteiger partial charge in [0.15, 0.2) is 12.4 Å². The fourth-order valence-electron chi connectivity index (χ4n) is 5.26. The molecule has 0 aliphatic rings. The van der Waals surface area contributed by atoms with E-state index in [1.54, 1.807) is 18.2 Å². The van der Waals surface area contributed by atoms with Crippen LogP contribution >= 0.6 is 0 Å². The molecule has 45 heavy (non-hydrogen) atoms. The zero-order chi connectivity index (χ0) is 31.7. The molecule has 0 unspecified atom stereocenters. The predicted octanol–water partition coefficient (Wildman–Crippen LogP) is 4.77. The second-order valence-electron chi connectivity index (χ2n) is 11.3. The number of nitrogens with zero attached hydrogens (tertiary/aromatic N) is 5. The van der Waals surface area contributed by atoms with Crippen molar-refractivity contribution in [1.82, 2.24) is 24.8 Å². The number of H-pyrrole nitrogens is 1. The van der Waals surface area contributed by atoms with Gasteiger partial charge in [0.25, 0.3) is 11.7 Å². The third-order valence-corrected chi connectivity index (χ3v) is 7.18. The first-order valence-electron chi connectivity index (χ1n) is 14.3. The van der Waals surface area contributed by atoms with E-state index in [-0.39, 0.29) is 23.6 Å². The lowest BCUT2D eigenvalue weighted by molar-refractivity contribution is -0.810. The minimum Gasteiger partial charge on any atom is -0.465 e. The van der Waals surface area contributed by atoms with E-state index in [4.69, 9.17) is 18.6 Å². The summed E-state index contributed by atoms with van der Waals surface area (Å²) in [4.78, 5) is 32.6. The Morgan fingerprint density at radius 2 is 1.78 bits per heavy atom. The average Bonchev–Trinajstić information content (AvgIpc) is 3.73. The topological polar surface area (TPSA) is 165 Å². The number of para-hydroxylation sites is 1. The summed E-state index contributed by atoms with van der Waals surface area (Å²) >= 11 is 0. The molecule has 0 aliphatic heterocycles. The zero-order valence-corrected chi connectivity index (χ0v) is 25.1. The van der Waals surface area contributed by atoms with Crippen LogP contribution in [0, 0.1) is 5.21 Å². The number of carbonyl (C=O) groups excluding carboxylic acids is 1. The first-order valence-corrected chi connectivity index (χ1v) is 14.3. The summed E-state index contributed by atoms with van der Waals surface area (Å²) in [7, 11) is 0. The Balaban J connectivity index is 1.31. The molecule has 0 saturated carbocycles. The standard InChI is InChI=1S/C32H30N6O7/c1-5-42-30-33-24-12-8-11-23(29(39)43-18-25-27(32(2,3)4)38(41)45-35-25)26(24)37(30)17-19-13-15-20(16-14-19)21-9-6-7-10-22(21)28-34-31(40)44-36-28/h6-16H,5,17-18H2,1-4H3,(H,34,36,40). The Morgan fingerprint density at radius 3 is 2.47 bits per heavy atom. The fraction of sp³-hybridized carbons (Fsp3) is 0.250. The van der Waals surface area contributed by atoms with Crippen LogP contribution in [-0.2, 0) is 23.3 Å². The van der Waals surface area contributed by atoms with E-state index in [1.807, 2.05) is 80.8 Å². The van der Waals surface area contributed by atoms with E-state index < -0.39 is 17.1 Å². The minimum absolute atomic E-state index is 0.238. The largest absolute Gasteiger partial charge is 0.465 e. The molecule has 3 aromatic carbocycles. The van der Waals surface area contributed by atoms with Gasteiger partial charge in [0.2, 0.25) is 5.69 Å². The summed E-state index contributed by atoms with van der Waals surface area (Å²) in [5.41, 5.74) is 4.79. The number of hydrogen-bond acceptors (Lipinski definition) is 10. The number of esters is 1. The van der Waals surface area contributed by atoms with Crippen LogP contribution in [0.1, 0.15) is 55.0 Å². The third-order valence-electron chi connectivity index (χ3n) is 7.18. The Kier molecular flexibility index (Phi) is 7.67. The van der Waals surface area contributed by atoms with Crippen LogP contribution in [-0.4, -0.2) is 37.4 Å². The number of rotatable bonds is 9. The maximum Gasteiger partial charge on any atom is 0.439 e. The van der Waals surface area contributed by atoms with Gasteiger partial charge in [0.05, 0.1) is 29.7 Å². The third kappa shape index (κ3) is 5.79. The number of carbonyl (C=O) groups is 1. The number of hydrogen-bond donors (Lipinski definition) is 1. The minimum atomic E-state index is -0.625. The van der Waals surface area contributed by atoms with Crippen molar-refractivity contribution in [3.8, 4) is 28.5 Å². The molecule has 0 bridgehead atoms. The van der Waals surface area contributed by atoms with E-state index >= 15 is 0 Å². The van der Waals surface area contributed by atoms with Crippen LogP contribution in [0.3, 0.4) is 0 Å². The SMILES string of the molecule is CCOc1nc2cccc(C(=O)OCc3no[n+]([O-])c3C(C)(C)C)c2n1Cc1ccc(-c2ccccc2-c2noc(=O)[nH]2)cc1. The molecule has 0 spiro atoms. The molecule has 3 heterocycles. The van der Waals surface area contributed by atoms with Gasteiger partial charge in [0, 0.05) is 16.1 Å². The number of nitrogens with one attached hydrogen (secondary N) is 1. The molecule has 230 valence electrons. The fourth-order valence-corrected chi connectivity index (χ4v) is 5.26. The molecule has 0 saturated heterocycles. The van der Waals surface area contributed by atoms with Gasteiger partial charge < -0.3 is 14.7 Å². The number of imidazole rings is 1. The Labute approximate surface area is 256 Å². The lowest BCUT2D eigenvalue weighted by atomic mass is 9.91. The number of aromatic amines is 1. The van der Waals surface area contributed by atoms with Crippen molar-refractivity contribution in [2.75, 3.05) is 6.61 Å².